The molecule has 1 aliphatic rings. The molecule has 10 heteroatoms. The van der Waals surface area contributed by atoms with Crippen molar-refractivity contribution in [1.82, 2.24) is 20.4 Å². The zero-order valence-corrected chi connectivity index (χ0v) is 20.9. The Morgan fingerprint density at radius 1 is 1.23 bits per heavy atom. The molecule has 0 radical (unpaired) electrons. The number of benzene rings is 1. The van der Waals surface area contributed by atoms with Gasteiger partial charge in [-0.15, -0.1) is 24.0 Å². The molecule has 31 heavy (non-hydrogen) atoms. The standard InChI is InChI=1S/C21H34N6O3.HI/c1-4-23-21(24-13-17-6-5-7-18(12-17)30-15-19(22)28)27-10-8-26(9-11-27)14-20(29)25-16(2)3;/h5-7,12,16H,4,8-11,13-15H2,1-3H3,(H2,22,28)(H,23,24)(H,25,29);1H. The van der Waals surface area contributed by atoms with Gasteiger partial charge in [0.25, 0.3) is 5.91 Å². The molecule has 4 N–H and O–H groups in total. The van der Waals surface area contributed by atoms with Crippen LogP contribution in [0.1, 0.15) is 26.3 Å². The number of hydrogen-bond donors (Lipinski definition) is 3. The van der Waals surface area contributed by atoms with E-state index in [1.807, 2.05) is 39.0 Å². The molecule has 1 fully saturated rings. The van der Waals surface area contributed by atoms with Crippen molar-refractivity contribution in [2.75, 3.05) is 45.9 Å². The summed E-state index contributed by atoms with van der Waals surface area (Å²) in [5, 5.41) is 6.28. The molecule has 1 aromatic rings. The van der Waals surface area contributed by atoms with Gasteiger partial charge < -0.3 is 26.0 Å². The number of ether oxygens (including phenoxy) is 1. The van der Waals surface area contributed by atoms with Crippen molar-refractivity contribution in [2.24, 2.45) is 10.7 Å². The van der Waals surface area contributed by atoms with E-state index in [0.717, 1.165) is 44.2 Å². The number of nitrogens with two attached hydrogens (primary N) is 1. The Kier molecular flexibility index (Phi) is 12.2. The third kappa shape index (κ3) is 10.2. The number of nitrogens with one attached hydrogen (secondary N) is 2. The highest BCUT2D eigenvalue weighted by molar-refractivity contribution is 14.0. The number of aliphatic imine (C=N–C) groups is 1. The van der Waals surface area contributed by atoms with Crippen molar-refractivity contribution in [3.8, 4) is 5.75 Å². The molecule has 0 atom stereocenters. The van der Waals surface area contributed by atoms with Gasteiger partial charge in [-0.05, 0) is 38.5 Å². The highest BCUT2D eigenvalue weighted by Gasteiger charge is 2.21. The normalized spacial score (nSPS) is 14.7. The summed E-state index contributed by atoms with van der Waals surface area (Å²) < 4.78 is 5.36. The van der Waals surface area contributed by atoms with Crippen LogP contribution in [0.5, 0.6) is 5.75 Å². The molecule has 2 amide bonds. The molecule has 2 rings (SSSR count). The molecule has 1 aromatic carbocycles. The van der Waals surface area contributed by atoms with Crippen molar-refractivity contribution < 1.29 is 14.3 Å². The predicted octanol–water partition coefficient (Wildman–Crippen LogP) is 0.776. The van der Waals surface area contributed by atoms with Crippen molar-refractivity contribution in [1.29, 1.82) is 0 Å². The Labute approximate surface area is 201 Å². The van der Waals surface area contributed by atoms with Crippen LogP contribution in [-0.2, 0) is 16.1 Å². The summed E-state index contributed by atoms with van der Waals surface area (Å²) in [5.41, 5.74) is 6.11. The van der Waals surface area contributed by atoms with Crippen LogP contribution in [0.25, 0.3) is 0 Å². The van der Waals surface area contributed by atoms with E-state index in [-0.39, 0.29) is 42.5 Å². The first kappa shape index (κ1) is 27.0. The van der Waals surface area contributed by atoms with Gasteiger partial charge in [-0.3, -0.25) is 14.5 Å². The fourth-order valence-corrected chi connectivity index (χ4v) is 3.17. The number of carbonyl (C=O) groups is 2. The Morgan fingerprint density at radius 3 is 2.55 bits per heavy atom. The zero-order chi connectivity index (χ0) is 21.9. The van der Waals surface area contributed by atoms with E-state index >= 15 is 0 Å². The largest absolute Gasteiger partial charge is 0.484 e. The highest BCUT2D eigenvalue weighted by atomic mass is 127. The van der Waals surface area contributed by atoms with Crippen LogP contribution < -0.4 is 21.1 Å². The molecule has 9 nitrogen and oxygen atoms in total. The van der Waals surface area contributed by atoms with E-state index in [4.69, 9.17) is 15.5 Å². The van der Waals surface area contributed by atoms with Gasteiger partial charge in [-0.2, -0.15) is 0 Å². The fourth-order valence-electron chi connectivity index (χ4n) is 3.17. The maximum absolute atomic E-state index is 12.0. The van der Waals surface area contributed by atoms with E-state index in [2.05, 4.69) is 20.4 Å². The molecule has 0 aromatic heterocycles. The fraction of sp³-hybridized carbons (Fsp3) is 0.571. The molecular weight excluding hydrogens is 511 g/mol. The molecule has 0 bridgehead atoms. The van der Waals surface area contributed by atoms with Gasteiger partial charge in [0.1, 0.15) is 5.75 Å². The molecular formula is C21H35IN6O3. The molecule has 1 saturated heterocycles. The molecule has 174 valence electrons. The third-order valence-corrected chi connectivity index (χ3v) is 4.51. The minimum Gasteiger partial charge on any atom is -0.484 e. The first-order valence-electron chi connectivity index (χ1n) is 10.4. The summed E-state index contributed by atoms with van der Waals surface area (Å²) in [6.07, 6.45) is 0. The van der Waals surface area contributed by atoms with Crippen LogP contribution in [0.15, 0.2) is 29.3 Å². The average Bonchev–Trinajstić information content (AvgIpc) is 2.70. The van der Waals surface area contributed by atoms with Gasteiger partial charge in [0.2, 0.25) is 5.91 Å². The van der Waals surface area contributed by atoms with Gasteiger partial charge in [0, 0.05) is 38.8 Å². The van der Waals surface area contributed by atoms with Crippen LogP contribution in [0.3, 0.4) is 0 Å². The van der Waals surface area contributed by atoms with E-state index < -0.39 is 5.91 Å². The Morgan fingerprint density at radius 2 is 1.94 bits per heavy atom. The van der Waals surface area contributed by atoms with Crippen molar-refractivity contribution >= 4 is 41.8 Å². The monoisotopic (exact) mass is 546 g/mol. The molecule has 0 unspecified atom stereocenters. The summed E-state index contributed by atoms with van der Waals surface area (Å²) in [4.78, 5) is 32.0. The van der Waals surface area contributed by atoms with Gasteiger partial charge in [-0.1, -0.05) is 12.1 Å². The van der Waals surface area contributed by atoms with Crippen LogP contribution in [0.2, 0.25) is 0 Å². The Hall–Kier alpha value is -2.08. The summed E-state index contributed by atoms with van der Waals surface area (Å²) in [6, 6.07) is 7.65. The first-order valence-corrected chi connectivity index (χ1v) is 10.4. The number of amides is 2. The Balaban J connectivity index is 0.00000480. The van der Waals surface area contributed by atoms with Crippen LogP contribution in [0.4, 0.5) is 0 Å². The molecule has 1 heterocycles. The number of halogens is 1. The first-order chi connectivity index (χ1) is 14.4. The second-order valence-corrected chi connectivity index (χ2v) is 7.56. The lowest BCUT2D eigenvalue weighted by molar-refractivity contribution is -0.123. The van der Waals surface area contributed by atoms with Gasteiger partial charge in [0.15, 0.2) is 12.6 Å². The number of carbonyl (C=O) groups excluding carboxylic acids is 2. The third-order valence-electron chi connectivity index (χ3n) is 4.51. The minimum atomic E-state index is -0.506. The van der Waals surface area contributed by atoms with E-state index in [0.29, 0.717) is 18.8 Å². The quantitative estimate of drug-likeness (QED) is 0.240. The zero-order valence-electron chi connectivity index (χ0n) is 18.6. The lowest BCUT2D eigenvalue weighted by Crippen LogP contribution is -2.54. The summed E-state index contributed by atoms with van der Waals surface area (Å²) in [7, 11) is 0. The summed E-state index contributed by atoms with van der Waals surface area (Å²) in [6.45, 7) is 10.8. The molecule has 0 spiro atoms. The van der Waals surface area contributed by atoms with Gasteiger partial charge in [-0.25, -0.2) is 4.99 Å². The smallest absolute Gasteiger partial charge is 0.255 e. The van der Waals surface area contributed by atoms with Crippen molar-refractivity contribution in [3.63, 3.8) is 0 Å². The van der Waals surface area contributed by atoms with E-state index in [1.165, 1.54) is 0 Å². The lowest BCUT2D eigenvalue weighted by atomic mass is 10.2. The molecule has 0 saturated carbocycles. The maximum Gasteiger partial charge on any atom is 0.255 e. The highest BCUT2D eigenvalue weighted by Crippen LogP contribution is 2.14. The SMILES string of the molecule is CCNC(=NCc1cccc(OCC(N)=O)c1)N1CCN(CC(=O)NC(C)C)CC1.I. The summed E-state index contributed by atoms with van der Waals surface area (Å²) in [5.74, 6) is 1.01. The number of guanidine groups is 1. The number of nitrogens with zero attached hydrogens (tertiary/aromatic N) is 3. The van der Waals surface area contributed by atoms with Gasteiger partial charge in [0.05, 0.1) is 13.1 Å². The van der Waals surface area contributed by atoms with Crippen molar-refractivity contribution in [2.45, 2.75) is 33.4 Å². The summed E-state index contributed by atoms with van der Waals surface area (Å²) >= 11 is 0. The van der Waals surface area contributed by atoms with Crippen molar-refractivity contribution in [3.05, 3.63) is 29.8 Å². The van der Waals surface area contributed by atoms with Crippen LogP contribution in [-0.4, -0.2) is 79.5 Å². The molecule has 1 aliphatic heterocycles. The topological polar surface area (TPSA) is 112 Å². The van der Waals surface area contributed by atoms with E-state index in [1.54, 1.807) is 6.07 Å². The van der Waals surface area contributed by atoms with Gasteiger partial charge >= 0.3 is 0 Å². The number of piperazine rings is 1. The van der Waals surface area contributed by atoms with Crippen LogP contribution >= 0.6 is 24.0 Å². The maximum atomic E-state index is 12.0. The minimum absolute atomic E-state index is 0. The van der Waals surface area contributed by atoms with Crippen LogP contribution in [0, 0.1) is 0 Å². The Bertz CT molecular complexity index is 736. The number of primary amides is 1. The average molecular weight is 546 g/mol. The second kappa shape index (κ2) is 14.1. The van der Waals surface area contributed by atoms with E-state index in [9.17, 15) is 9.59 Å². The lowest BCUT2D eigenvalue weighted by Gasteiger charge is -2.36. The number of hydrogen-bond acceptors (Lipinski definition) is 5. The molecule has 0 aliphatic carbocycles. The number of rotatable bonds is 9. The predicted molar refractivity (Wildman–Crippen MR) is 133 cm³/mol. The second-order valence-electron chi connectivity index (χ2n) is 7.56.